The van der Waals surface area contributed by atoms with Crippen molar-refractivity contribution in [3.05, 3.63) is 48.6 Å². The van der Waals surface area contributed by atoms with Crippen LogP contribution in [0, 0.1) is 0 Å². The molecule has 1 rings (SSSR count). The van der Waals surface area contributed by atoms with Gasteiger partial charge in [-0.1, -0.05) is 197 Å². The van der Waals surface area contributed by atoms with Gasteiger partial charge in [0.2, 0.25) is 5.91 Å². The van der Waals surface area contributed by atoms with Gasteiger partial charge >= 0.3 is 5.97 Å². The molecule has 11 nitrogen and oxygen atoms in total. The molecule has 1 saturated heterocycles. The fourth-order valence-electron chi connectivity index (χ4n) is 8.47. The Bertz CT molecular complexity index is 1270. The number of unbranched alkanes of at least 4 members (excludes halogenated alkanes) is 27. The summed E-state index contributed by atoms with van der Waals surface area (Å²) in [7, 11) is 0. The Labute approximate surface area is 415 Å². The molecule has 68 heavy (non-hydrogen) atoms. The summed E-state index contributed by atoms with van der Waals surface area (Å²) in [6, 6.07) is -0.841. The van der Waals surface area contributed by atoms with Crippen LogP contribution in [0.4, 0.5) is 0 Å². The zero-order valence-corrected chi connectivity index (χ0v) is 43.3. The summed E-state index contributed by atoms with van der Waals surface area (Å²) < 4.78 is 16.6. The molecule has 1 heterocycles. The van der Waals surface area contributed by atoms with Crippen LogP contribution >= 0.6 is 0 Å². The quantitative estimate of drug-likeness (QED) is 0.0196. The van der Waals surface area contributed by atoms with Gasteiger partial charge in [-0.25, -0.2) is 0 Å². The third-order valence-corrected chi connectivity index (χ3v) is 12.9. The lowest BCUT2D eigenvalue weighted by molar-refractivity contribution is -0.302. The summed E-state index contributed by atoms with van der Waals surface area (Å²) in [5.41, 5.74) is 0. The van der Waals surface area contributed by atoms with E-state index in [0.29, 0.717) is 25.9 Å². The summed E-state index contributed by atoms with van der Waals surface area (Å²) in [5.74, 6) is -0.222. The van der Waals surface area contributed by atoms with E-state index in [2.05, 4.69) is 55.6 Å². The molecule has 0 bridgehead atoms. The van der Waals surface area contributed by atoms with Gasteiger partial charge in [0.05, 0.1) is 32.0 Å². The molecular weight excluding hydrogens is 859 g/mol. The van der Waals surface area contributed by atoms with E-state index in [4.69, 9.17) is 14.2 Å². The fourth-order valence-corrected chi connectivity index (χ4v) is 8.47. The number of carbonyl (C=O) groups excluding carboxylic acids is 2. The number of hydrogen-bond acceptors (Lipinski definition) is 10. The first-order valence-corrected chi connectivity index (χ1v) is 27.9. The van der Waals surface area contributed by atoms with Crippen molar-refractivity contribution >= 4 is 11.9 Å². The number of nitrogens with one attached hydrogen (secondary N) is 1. The molecule has 11 heteroatoms. The van der Waals surface area contributed by atoms with E-state index in [0.717, 1.165) is 89.9 Å². The highest BCUT2D eigenvalue weighted by Crippen LogP contribution is 2.23. The summed E-state index contributed by atoms with van der Waals surface area (Å²) in [5, 5.41) is 54.1. The Morgan fingerprint density at radius 3 is 1.53 bits per heavy atom. The first-order valence-electron chi connectivity index (χ1n) is 27.9. The van der Waals surface area contributed by atoms with Crippen molar-refractivity contribution in [1.29, 1.82) is 0 Å². The monoisotopic (exact) mass is 962 g/mol. The minimum absolute atomic E-state index is 0.0131. The number of amides is 1. The van der Waals surface area contributed by atoms with Gasteiger partial charge in [0.1, 0.15) is 24.4 Å². The lowest BCUT2D eigenvalue weighted by atomic mass is 9.99. The van der Waals surface area contributed by atoms with Crippen molar-refractivity contribution in [2.75, 3.05) is 19.8 Å². The lowest BCUT2D eigenvalue weighted by Gasteiger charge is -2.40. The van der Waals surface area contributed by atoms with Crippen LogP contribution in [0.2, 0.25) is 0 Å². The molecule has 1 amide bonds. The molecule has 0 saturated carbocycles. The van der Waals surface area contributed by atoms with Crippen molar-refractivity contribution in [3.63, 3.8) is 0 Å². The van der Waals surface area contributed by atoms with E-state index in [1.165, 1.54) is 116 Å². The molecule has 0 aromatic carbocycles. The van der Waals surface area contributed by atoms with E-state index >= 15 is 0 Å². The molecule has 0 aromatic heterocycles. The molecule has 6 N–H and O–H groups in total. The lowest BCUT2D eigenvalue weighted by Crippen LogP contribution is -2.60. The van der Waals surface area contributed by atoms with Crippen molar-refractivity contribution in [2.45, 2.75) is 281 Å². The number of ether oxygens (including phenoxy) is 3. The van der Waals surface area contributed by atoms with Crippen LogP contribution < -0.4 is 5.32 Å². The second-order valence-corrected chi connectivity index (χ2v) is 19.2. The third kappa shape index (κ3) is 36.5. The average Bonchev–Trinajstić information content (AvgIpc) is 3.33. The Kier molecular flexibility index (Phi) is 44.0. The largest absolute Gasteiger partial charge is 0.466 e. The van der Waals surface area contributed by atoms with Gasteiger partial charge in [0, 0.05) is 12.8 Å². The molecule has 0 aromatic rings. The van der Waals surface area contributed by atoms with E-state index in [1.54, 1.807) is 6.08 Å². The number of aliphatic hydroxyl groups excluding tert-OH is 5. The van der Waals surface area contributed by atoms with Crippen LogP contribution in [-0.2, 0) is 23.8 Å². The van der Waals surface area contributed by atoms with Crippen LogP contribution in [-0.4, -0.2) is 100 Å². The van der Waals surface area contributed by atoms with Crippen LogP contribution in [0.1, 0.15) is 239 Å². The van der Waals surface area contributed by atoms with E-state index in [-0.39, 0.29) is 18.5 Å². The Balaban J connectivity index is 2.10. The standard InChI is InChI=1S/C57H103NO10/c1-3-5-7-9-11-13-24-29-33-37-41-45-53(62)66-46-42-38-34-30-26-23-21-19-17-15-16-18-20-22-25-28-32-36-40-44-52(61)58-49(48-67-57-56(65)55(64)54(63)51(47-59)68-57)50(60)43-39-35-31-27-14-12-10-8-6-4-2/h6,8,14-16,27,39,43,49-51,54-57,59-60,63-65H,3-5,7,9-13,17-26,28-38,40-42,44-48H2,1-2H3,(H,58,61)/b8-6+,16-15-,27-14+,43-39+. The molecule has 0 aliphatic carbocycles. The first kappa shape index (κ1) is 63.6. The molecule has 396 valence electrons. The minimum Gasteiger partial charge on any atom is -0.466 e. The van der Waals surface area contributed by atoms with Gasteiger partial charge in [-0.05, 0) is 77.0 Å². The van der Waals surface area contributed by atoms with Crippen molar-refractivity contribution in [2.24, 2.45) is 0 Å². The topological polar surface area (TPSA) is 175 Å². The van der Waals surface area contributed by atoms with Crippen LogP contribution in [0.15, 0.2) is 48.6 Å². The van der Waals surface area contributed by atoms with Gasteiger partial charge in [0.25, 0.3) is 0 Å². The van der Waals surface area contributed by atoms with Gasteiger partial charge in [-0.15, -0.1) is 0 Å². The highest BCUT2D eigenvalue weighted by atomic mass is 16.7. The molecule has 0 spiro atoms. The second-order valence-electron chi connectivity index (χ2n) is 19.2. The molecule has 1 aliphatic rings. The number of allylic oxidation sites excluding steroid dienone is 7. The fraction of sp³-hybridized carbons (Fsp3) is 0.825. The Morgan fingerprint density at radius 2 is 1.00 bits per heavy atom. The van der Waals surface area contributed by atoms with Crippen LogP contribution in [0.3, 0.4) is 0 Å². The van der Waals surface area contributed by atoms with Crippen LogP contribution in [0.25, 0.3) is 0 Å². The number of carbonyl (C=O) groups is 2. The maximum atomic E-state index is 13.0. The molecule has 0 radical (unpaired) electrons. The first-order chi connectivity index (χ1) is 33.2. The highest BCUT2D eigenvalue weighted by Gasteiger charge is 2.44. The zero-order chi connectivity index (χ0) is 49.6. The number of rotatable bonds is 47. The maximum absolute atomic E-state index is 13.0. The van der Waals surface area contributed by atoms with Gasteiger partial charge in [0.15, 0.2) is 6.29 Å². The Morgan fingerprint density at radius 1 is 0.544 bits per heavy atom. The highest BCUT2D eigenvalue weighted by molar-refractivity contribution is 5.76. The van der Waals surface area contributed by atoms with Crippen molar-refractivity contribution in [3.8, 4) is 0 Å². The molecular formula is C57H103NO10. The second kappa shape index (κ2) is 47.0. The molecule has 7 unspecified atom stereocenters. The number of hydrogen-bond donors (Lipinski definition) is 6. The van der Waals surface area contributed by atoms with E-state index < -0.39 is 49.5 Å². The van der Waals surface area contributed by atoms with Crippen molar-refractivity contribution < 1.29 is 49.3 Å². The molecule has 7 atom stereocenters. The van der Waals surface area contributed by atoms with E-state index in [1.807, 2.05) is 6.08 Å². The number of aliphatic hydroxyl groups is 5. The number of esters is 1. The predicted molar refractivity (Wildman–Crippen MR) is 278 cm³/mol. The zero-order valence-electron chi connectivity index (χ0n) is 43.3. The van der Waals surface area contributed by atoms with Crippen LogP contribution in [0.5, 0.6) is 0 Å². The predicted octanol–water partition coefficient (Wildman–Crippen LogP) is 12.1. The summed E-state index contributed by atoms with van der Waals surface area (Å²) >= 11 is 0. The Hall–Kier alpha value is -2.38. The maximum Gasteiger partial charge on any atom is 0.305 e. The SMILES string of the molecule is CC/C=C/CC/C=C/CC/C=C/C(O)C(COC1OC(CO)C(O)C(O)C1O)NC(=O)CCCCCCCCC/C=C\CCCCCCCCCCOC(=O)CCCCCCCCCCCCC. The normalized spacial score (nSPS) is 19.8. The summed E-state index contributed by atoms with van der Waals surface area (Å²) in [6.45, 7) is 4.16. The van der Waals surface area contributed by atoms with Gasteiger partial charge < -0.3 is 45.1 Å². The summed E-state index contributed by atoms with van der Waals surface area (Å²) in [6.07, 6.45) is 47.8. The minimum atomic E-state index is -1.58. The van der Waals surface area contributed by atoms with Gasteiger partial charge in [-0.2, -0.15) is 0 Å². The average molecular weight is 962 g/mol. The smallest absolute Gasteiger partial charge is 0.305 e. The summed E-state index contributed by atoms with van der Waals surface area (Å²) in [4.78, 5) is 25.0. The molecule has 1 fully saturated rings. The molecule has 1 aliphatic heterocycles. The van der Waals surface area contributed by atoms with E-state index in [9.17, 15) is 35.1 Å². The van der Waals surface area contributed by atoms with Crippen molar-refractivity contribution in [1.82, 2.24) is 5.32 Å². The third-order valence-electron chi connectivity index (χ3n) is 12.9. The van der Waals surface area contributed by atoms with Gasteiger partial charge in [-0.3, -0.25) is 9.59 Å².